The first-order chi connectivity index (χ1) is 10.1. The molecule has 0 aliphatic rings. The molecule has 0 saturated carbocycles. The minimum absolute atomic E-state index is 0.280. The van der Waals surface area contributed by atoms with Gasteiger partial charge in [0.25, 0.3) is 0 Å². The van der Waals surface area contributed by atoms with Crippen LogP contribution in [-0.2, 0) is 6.54 Å². The van der Waals surface area contributed by atoms with Crippen molar-refractivity contribution in [1.29, 1.82) is 0 Å². The summed E-state index contributed by atoms with van der Waals surface area (Å²) in [5.74, 6) is 0. The van der Waals surface area contributed by atoms with E-state index in [1.165, 1.54) is 0 Å². The number of thiocarbonyl (C=S) groups is 1. The SMILES string of the molecule is O=C(O)NCc1ccc(NC(=S)Nc2ccccc2)cc1. The van der Waals surface area contributed by atoms with Crippen molar-refractivity contribution in [2.75, 3.05) is 10.6 Å². The zero-order valence-electron chi connectivity index (χ0n) is 11.2. The smallest absolute Gasteiger partial charge is 0.404 e. The molecule has 0 aliphatic heterocycles. The van der Waals surface area contributed by atoms with Crippen molar-refractivity contribution in [3.63, 3.8) is 0 Å². The van der Waals surface area contributed by atoms with Gasteiger partial charge in [-0.15, -0.1) is 0 Å². The fourth-order valence-electron chi connectivity index (χ4n) is 1.70. The molecule has 0 atom stereocenters. The molecule has 0 bridgehead atoms. The second-order valence-corrected chi connectivity index (χ2v) is 4.71. The quantitative estimate of drug-likeness (QED) is 0.652. The number of carbonyl (C=O) groups is 1. The Morgan fingerprint density at radius 1 is 0.952 bits per heavy atom. The highest BCUT2D eigenvalue weighted by molar-refractivity contribution is 7.80. The summed E-state index contributed by atoms with van der Waals surface area (Å²) in [7, 11) is 0. The van der Waals surface area contributed by atoms with E-state index in [2.05, 4.69) is 16.0 Å². The first-order valence-electron chi connectivity index (χ1n) is 6.32. The summed E-state index contributed by atoms with van der Waals surface area (Å²) in [4.78, 5) is 10.4. The molecule has 2 rings (SSSR count). The Morgan fingerprint density at radius 3 is 2.10 bits per heavy atom. The first-order valence-corrected chi connectivity index (χ1v) is 6.73. The fourth-order valence-corrected chi connectivity index (χ4v) is 1.93. The Bertz CT molecular complexity index is 615. The molecule has 0 heterocycles. The maximum Gasteiger partial charge on any atom is 0.404 e. The number of hydrogen-bond donors (Lipinski definition) is 4. The average Bonchev–Trinajstić information content (AvgIpc) is 2.47. The second kappa shape index (κ2) is 7.25. The molecule has 6 heteroatoms. The van der Waals surface area contributed by atoms with Crippen LogP contribution in [0.15, 0.2) is 54.6 Å². The summed E-state index contributed by atoms with van der Waals surface area (Å²) in [5.41, 5.74) is 2.63. The number of hydrogen-bond acceptors (Lipinski definition) is 2. The molecule has 0 aromatic heterocycles. The number of benzene rings is 2. The zero-order chi connectivity index (χ0) is 15.1. The van der Waals surface area contributed by atoms with Gasteiger partial charge in [0.05, 0.1) is 0 Å². The molecule has 0 radical (unpaired) electrons. The van der Waals surface area contributed by atoms with E-state index in [1.54, 1.807) is 0 Å². The maximum atomic E-state index is 10.4. The van der Waals surface area contributed by atoms with Gasteiger partial charge in [-0.2, -0.15) is 0 Å². The molecular weight excluding hydrogens is 286 g/mol. The summed E-state index contributed by atoms with van der Waals surface area (Å²) in [6.45, 7) is 0.280. The van der Waals surface area contributed by atoms with Crippen LogP contribution in [0.4, 0.5) is 16.2 Å². The summed E-state index contributed by atoms with van der Waals surface area (Å²) in [6.07, 6.45) is -1.04. The first kappa shape index (κ1) is 14.8. The van der Waals surface area contributed by atoms with Crippen molar-refractivity contribution in [3.8, 4) is 0 Å². The summed E-state index contributed by atoms with van der Waals surface area (Å²) in [5, 5.41) is 17.5. The van der Waals surface area contributed by atoms with E-state index in [4.69, 9.17) is 17.3 Å². The third-order valence-electron chi connectivity index (χ3n) is 2.69. The van der Waals surface area contributed by atoms with Crippen LogP contribution in [0.3, 0.4) is 0 Å². The van der Waals surface area contributed by atoms with E-state index in [0.717, 1.165) is 16.9 Å². The largest absolute Gasteiger partial charge is 0.465 e. The van der Waals surface area contributed by atoms with E-state index in [-0.39, 0.29) is 6.54 Å². The van der Waals surface area contributed by atoms with Gasteiger partial charge in [-0.05, 0) is 42.0 Å². The van der Waals surface area contributed by atoms with E-state index >= 15 is 0 Å². The Morgan fingerprint density at radius 2 is 1.52 bits per heavy atom. The second-order valence-electron chi connectivity index (χ2n) is 4.30. The lowest BCUT2D eigenvalue weighted by atomic mass is 10.2. The van der Waals surface area contributed by atoms with E-state index < -0.39 is 6.09 Å². The van der Waals surface area contributed by atoms with Crippen molar-refractivity contribution < 1.29 is 9.90 Å². The minimum Gasteiger partial charge on any atom is -0.465 e. The Hall–Kier alpha value is -2.60. The molecule has 0 saturated heterocycles. The molecule has 4 N–H and O–H groups in total. The van der Waals surface area contributed by atoms with Crippen LogP contribution in [0, 0.1) is 0 Å². The molecule has 0 spiro atoms. The van der Waals surface area contributed by atoms with E-state index in [0.29, 0.717) is 5.11 Å². The fraction of sp³-hybridized carbons (Fsp3) is 0.0667. The van der Waals surface area contributed by atoms with Crippen molar-refractivity contribution in [2.24, 2.45) is 0 Å². The molecule has 0 unspecified atom stereocenters. The van der Waals surface area contributed by atoms with Gasteiger partial charge >= 0.3 is 6.09 Å². The van der Waals surface area contributed by atoms with Crippen molar-refractivity contribution >= 4 is 34.8 Å². The highest BCUT2D eigenvalue weighted by atomic mass is 32.1. The Balaban J connectivity index is 1.88. The zero-order valence-corrected chi connectivity index (χ0v) is 12.0. The molecule has 0 aliphatic carbocycles. The molecule has 1 amide bonds. The van der Waals surface area contributed by atoms with Gasteiger partial charge in [-0.1, -0.05) is 30.3 Å². The Labute approximate surface area is 128 Å². The van der Waals surface area contributed by atoms with E-state index in [9.17, 15) is 4.79 Å². The number of rotatable bonds is 4. The molecular formula is C15H15N3O2S. The molecule has 2 aromatic rings. The lowest BCUT2D eigenvalue weighted by Gasteiger charge is -2.11. The van der Waals surface area contributed by atoms with Crippen LogP contribution < -0.4 is 16.0 Å². The van der Waals surface area contributed by atoms with Crippen molar-refractivity contribution in [3.05, 3.63) is 60.2 Å². The van der Waals surface area contributed by atoms with Crippen LogP contribution in [0.5, 0.6) is 0 Å². The highest BCUT2D eigenvalue weighted by Crippen LogP contribution is 2.11. The molecule has 108 valence electrons. The third kappa shape index (κ3) is 5.12. The molecule has 2 aromatic carbocycles. The van der Waals surface area contributed by atoms with Gasteiger partial charge in [-0.3, -0.25) is 0 Å². The standard InChI is InChI=1S/C15H15N3O2S/c19-15(20)16-10-11-6-8-13(9-7-11)18-14(21)17-12-4-2-1-3-5-12/h1-9,16H,10H2,(H,19,20)(H2,17,18,21). The molecule has 21 heavy (non-hydrogen) atoms. The van der Waals surface area contributed by atoms with Gasteiger partial charge in [0.15, 0.2) is 5.11 Å². The van der Waals surface area contributed by atoms with Crippen LogP contribution in [0.25, 0.3) is 0 Å². The predicted molar refractivity (Wildman–Crippen MR) is 87.6 cm³/mol. The van der Waals surface area contributed by atoms with Crippen molar-refractivity contribution in [1.82, 2.24) is 5.32 Å². The van der Waals surface area contributed by atoms with Crippen LogP contribution >= 0.6 is 12.2 Å². The van der Waals surface area contributed by atoms with Gasteiger partial charge in [0, 0.05) is 17.9 Å². The third-order valence-corrected chi connectivity index (χ3v) is 2.89. The molecule has 5 nitrogen and oxygen atoms in total. The number of anilines is 2. The van der Waals surface area contributed by atoms with Crippen LogP contribution in [0.2, 0.25) is 0 Å². The Kier molecular flexibility index (Phi) is 5.11. The number of carboxylic acid groups (broad SMARTS) is 1. The van der Waals surface area contributed by atoms with Gasteiger partial charge in [0.2, 0.25) is 0 Å². The topological polar surface area (TPSA) is 73.4 Å². The van der Waals surface area contributed by atoms with Crippen molar-refractivity contribution in [2.45, 2.75) is 6.54 Å². The van der Waals surface area contributed by atoms with Crippen LogP contribution in [0.1, 0.15) is 5.56 Å². The lowest BCUT2D eigenvalue weighted by Crippen LogP contribution is -2.20. The highest BCUT2D eigenvalue weighted by Gasteiger charge is 2.00. The number of nitrogens with one attached hydrogen (secondary N) is 3. The lowest BCUT2D eigenvalue weighted by molar-refractivity contribution is 0.194. The molecule has 0 fully saturated rings. The normalized spacial score (nSPS) is 9.71. The summed E-state index contributed by atoms with van der Waals surface area (Å²) in [6, 6.07) is 17.0. The monoisotopic (exact) mass is 301 g/mol. The van der Waals surface area contributed by atoms with Gasteiger partial charge in [0.1, 0.15) is 0 Å². The average molecular weight is 301 g/mol. The van der Waals surface area contributed by atoms with Gasteiger partial charge < -0.3 is 21.1 Å². The number of para-hydroxylation sites is 1. The summed E-state index contributed by atoms with van der Waals surface area (Å²) < 4.78 is 0. The predicted octanol–water partition coefficient (Wildman–Crippen LogP) is 3.26. The minimum atomic E-state index is -1.04. The number of amides is 1. The van der Waals surface area contributed by atoms with Crippen LogP contribution in [-0.4, -0.2) is 16.3 Å². The van der Waals surface area contributed by atoms with E-state index in [1.807, 2.05) is 54.6 Å². The maximum absolute atomic E-state index is 10.4. The van der Waals surface area contributed by atoms with Gasteiger partial charge in [-0.25, -0.2) is 4.79 Å². The summed E-state index contributed by atoms with van der Waals surface area (Å²) >= 11 is 5.22.